The van der Waals surface area contributed by atoms with E-state index in [0.29, 0.717) is 25.8 Å². The summed E-state index contributed by atoms with van der Waals surface area (Å²) in [6.45, 7) is 0.442. The molecule has 1 aromatic rings. The van der Waals surface area contributed by atoms with Crippen molar-refractivity contribution in [2.45, 2.75) is 24.2 Å². The zero-order valence-electron chi connectivity index (χ0n) is 11.3. The summed E-state index contributed by atoms with van der Waals surface area (Å²) in [6, 6.07) is 6.24. The first kappa shape index (κ1) is 15.9. The average molecular weight is 327 g/mol. The van der Waals surface area contributed by atoms with Gasteiger partial charge in [-0.3, -0.25) is 4.79 Å². The van der Waals surface area contributed by atoms with Crippen LogP contribution >= 0.6 is 12.2 Å². The largest absolute Gasteiger partial charge is 0.392 e. The van der Waals surface area contributed by atoms with Gasteiger partial charge in [0, 0.05) is 6.54 Å². The number of thiocarbonyl (C=S) groups is 1. The Morgan fingerprint density at radius 1 is 1.29 bits per heavy atom. The minimum atomic E-state index is -3.67. The molecule has 8 heteroatoms. The van der Waals surface area contributed by atoms with E-state index >= 15 is 0 Å². The quantitative estimate of drug-likeness (QED) is 0.639. The maximum atomic E-state index is 12.0. The number of hydrogen-bond acceptors (Lipinski definition) is 4. The lowest BCUT2D eigenvalue weighted by atomic mass is 10.1. The highest BCUT2D eigenvalue weighted by Gasteiger charge is 2.52. The summed E-state index contributed by atoms with van der Waals surface area (Å²) in [5.41, 5.74) is 5.84. The number of carbonyl (C=O) groups is 1. The number of sulfonamides is 1. The van der Waals surface area contributed by atoms with Gasteiger partial charge in [0.05, 0.1) is 15.3 Å². The Kier molecular flexibility index (Phi) is 4.31. The van der Waals surface area contributed by atoms with Gasteiger partial charge in [0.2, 0.25) is 15.9 Å². The van der Waals surface area contributed by atoms with E-state index < -0.39 is 15.4 Å². The molecule has 0 bridgehead atoms. The van der Waals surface area contributed by atoms with Crippen LogP contribution in [0.15, 0.2) is 29.2 Å². The molecule has 6 nitrogen and oxygen atoms in total. The van der Waals surface area contributed by atoms with Gasteiger partial charge in [0.15, 0.2) is 0 Å². The molecule has 21 heavy (non-hydrogen) atoms. The van der Waals surface area contributed by atoms with Gasteiger partial charge in [0.25, 0.3) is 0 Å². The molecule has 1 aliphatic carbocycles. The summed E-state index contributed by atoms with van der Waals surface area (Å²) in [5.74, 6) is -0.129. The maximum absolute atomic E-state index is 12.0. The highest BCUT2D eigenvalue weighted by molar-refractivity contribution is 7.89. The second kappa shape index (κ2) is 5.70. The van der Waals surface area contributed by atoms with Crippen molar-refractivity contribution in [2.75, 3.05) is 6.54 Å². The third kappa shape index (κ3) is 3.58. The normalized spacial score (nSPS) is 16.2. The second-order valence-corrected chi connectivity index (χ2v) is 7.14. The summed E-state index contributed by atoms with van der Waals surface area (Å²) in [5, 5.41) is 7.83. The molecule has 1 fully saturated rings. The molecule has 1 amide bonds. The van der Waals surface area contributed by atoms with Crippen LogP contribution in [0.4, 0.5) is 0 Å². The van der Waals surface area contributed by atoms with Gasteiger partial charge >= 0.3 is 0 Å². The summed E-state index contributed by atoms with van der Waals surface area (Å²) < 4.78 is 22.3. The Morgan fingerprint density at radius 2 is 1.86 bits per heavy atom. The number of nitrogens with one attached hydrogen (secondary N) is 1. The van der Waals surface area contributed by atoms with Crippen molar-refractivity contribution in [1.82, 2.24) is 5.32 Å². The molecule has 5 N–H and O–H groups in total. The highest BCUT2D eigenvalue weighted by atomic mass is 32.2. The van der Waals surface area contributed by atoms with Crippen LogP contribution in [0.1, 0.15) is 18.4 Å². The number of hydrogen-bond donors (Lipinski definition) is 3. The van der Waals surface area contributed by atoms with Crippen LogP contribution in [-0.4, -0.2) is 25.9 Å². The minimum Gasteiger partial charge on any atom is -0.392 e. The predicted octanol–water partition coefficient (Wildman–Crippen LogP) is 0.0590. The van der Waals surface area contributed by atoms with E-state index in [4.69, 9.17) is 23.1 Å². The van der Waals surface area contributed by atoms with Crippen LogP contribution in [0.5, 0.6) is 0 Å². The van der Waals surface area contributed by atoms with Gasteiger partial charge in [-0.05, 0) is 37.0 Å². The Balaban J connectivity index is 1.87. The summed E-state index contributed by atoms with van der Waals surface area (Å²) in [7, 11) is -3.67. The molecule has 1 aromatic carbocycles. The fraction of sp³-hybridized carbons (Fsp3) is 0.385. The zero-order valence-corrected chi connectivity index (χ0v) is 13.0. The molecule has 1 saturated carbocycles. The average Bonchev–Trinajstić information content (AvgIpc) is 3.19. The third-order valence-corrected chi connectivity index (χ3v) is 4.93. The minimum absolute atomic E-state index is 0.0701. The van der Waals surface area contributed by atoms with Crippen LogP contribution in [0, 0.1) is 5.41 Å². The second-order valence-electron chi connectivity index (χ2n) is 5.14. The first-order valence-electron chi connectivity index (χ1n) is 6.46. The van der Waals surface area contributed by atoms with Crippen molar-refractivity contribution in [3.63, 3.8) is 0 Å². The number of benzene rings is 1. The molecule has 0 unspecified atom stereocenters. The topological polar surface area (TPSA) is 115 Å². The van der Waals surface area contributed by atoms with Gasteiger partial charge in [-0.15, -0.1) is 0 Å². The van der Waals surface area contributed by atoms with Crippen LogP contribution in [0.25, 0.3) is 0 Å². The smallest absolute Gasteiger partial charge is 0.238 e. The zero-order chi connectivity index (χ0) is 15.7. The van der Waals surface area contributed by atoms with E-state index in [0.717, 1.165) is 5.56 Å². The molecule has 1 aliphatic rings. The fourth-order valence-corrected chi connectivity index (χ4v) is 2.86. The molecule has 0 aromatic heterocycles. The lowest BCUT2D eigenvalue weighted by Gasteiger charge is -2.13. The van der Waals surface area contributed by atoms with Crippen molar-refractivity contribution in [1.29, 1.82) is 0 Å². The monoisotopic (exact) mass is 327 g/mol. The molecule has 0 heterocycles. The van der Waals surface area contributed by atoms with E-state index in [1.54, 1.807) is 12.1 Å². The van der Waals surface area contributed by atoms with Crippen molar-refractivity contribution in [3.8, 4) is 0 Å². The number of amides is 1. The molecular weight excluding hydrogens is 310 g/mol. The molecule has 0 radical (unpaired) electrons. The summed E-state index contributed by atoms with van der Waals surface area (Å²) in [4.78, 5) is 12.3. The number of primary sulfonamides is 1. The maximum Gasteiger partial charge on any atom is 0.238 e. The molecule has 0 aliphatic heterocycles. The van der Waals surface area contributed by atoms with Crippen molar-refractivity contribution < 1.29 is 13.2 Å². The van der Waals surface area contributed by atoms with Crippen LogP contribution in [0.2, 0.25) is 0 Å². The standard InChI is InChI=1S/C13H17N3O3S2/c14-11(20)13(6-7-13)12(17)16-8-5-9-1-3-10(4-2-9)21(15,18)19/h1-4H,5-8H2,(H2,14,20)(H,16,17)(H2,15,18,19). The van der Waals surface area contributed by atoms with Crippen LogP contribution in [-0.2, 0) is 21.2 Å². The summed E-state index contributed by atoms with van der Waals surface area (Å²) in [6.07, 6.45) is 2.00. The lowest BCUT2D eigenvalue weighted by Crippen LogP contribution is -2.40. The molecular formula is C13H17N3O3S2. The third-order valence-electron chi connectivity index (χ3n) is 3.61. The van der Waals surface area contributed by atoms with Gasteiger partial charge in [-0.2, -0.15) is 0 Å². The first-order valence-corrected chi connectivity index (χ1v) is 8.41. The number of carbonyl (C=O) groups excluding carboxylic acids is 1. The van der Waals surface area contributed by atoms with Gasteiger partial charge in [-0.1, -0.05) is 24.4 Å². The van der Waals surface area contributed by atoms with Crippen molar-refractivity contribution >= 4 is 33.1 Å². The van der Waals surface area contributed by atoms with Gasteiger partial charge < -0.3 is 11.1 Å². The Bertz CT molecular complexity index is 664. The van der Waals surface area contributed by atoms with E-state index in [-0.39, 0.29) is 15.8 Å². The van der Waals surface area contributed by atoms with Crippen LogP contribution < -0.4 is 16.2 Å². The number of nitrogens with two attached hydrogens (primary N) is 2. The van der Waals surface area contributed by atoms with Crippen molar-refractivity contribution in [3.05, 3.63) is 29.8 Å². The molecule has 114 valence electrons. The lowest BCUT2D eigenvalue weighted by molar-refractivity contribution is -0.123. The van der Waals surface area contributed by atoms with E-state index in [2.05, 4.69) is 5.32 Å². The first-order chi connectivity index (χ1) is 9.75. The Morgan fingerprint density at radius 3 is 2.29 bits per heavy atom. The number of rotatable bonds is 6. The molecule has 0 spiro atoms. The molecule has 2 rings (SSSR count). The Hall–Kier alpha value is -1.51. The fourth-order valence-electron chi connectivity index (χ4n) is 2.05. The molecule has 0 saturated heterocycles. The van der Waals surface area contributed by atoms with Gasteiger partial charge in [-0.25, -0.2) is 13.6 Å². The SMILES string of the molecule is NC(=S)C1(C(=O)NCCc2ccc(S(N)(=O)=O)cc2)CC1. The predicted molar refractivity (Wildman–Crippen MR) is 83.0 cm³/mol. The van der Waals surface area contributed by atoms with E-state index in [1.165, 1.54) is 12.1 Å². The van der Waals surface area contributed by atoms with Gasteiger partial charge in [0.1, 0.15) is 0 Å². The Labute approximate surface area is 128 Å². The summed E-state index contributed by atoms with van der Waals surface area (Å²) >= 11 is 4.91. The highest BCUT2D eigenvalue weighted by Crippen LogP contribution is 2.46. The van der Waals surface area contributed by atoms with E-state index in [9.17, 15) is 13.2 Å². The van der Waals surface area contributed by atoms with Crippen LogP contribution in [0.3, 0.4) is 0 Å². The van der Waals surface area contributed by atoms with Crippen molar-refractivity contribution in [2.24, 2.45) is 16.3 Å². The van der Waals surface area contributed by atoms with E-state index in [1.807, 2.05) is 0 Å². The molecule has 0 atom stereocenters.